The molecule has 0 saturated heterocycles. The smallest absolute Gasteiger partial charge is 0.0410 e. The number of nitrogens with one attached hydrogen (secondary N) is 1. The van der Waals surface area contributed by atoms with Gasteiger partial charge in [0.25, 0.3) is 0 Å². The van der Waals surface area contributed by atoms with Gasteiger partial charge in [-0.2, -0.15) is 0 Å². The summed E-state index contributed by atoms with van der Waals surface area (Å²) in [5.74, 6) is 8.89. The van der Waals surface area contributed by atoms with Crippen LogP contribution in [0.5, 0.6) is 0 Å². The van der Waals surface area contributed by atoms with E-state index in [4.69, 9.17) is 5.84 Å². The first kappa shape index (κ1) is 14.2. The third kappa shape index (κ3) is 2.55. The van der Waals surface area contributed by atoms with E-state index in [0.29, 0.717) is 11.5 Å². The van der Waals surface area contributed by atoms with Crippen molar-refractivity contribution in [3.63, 3.8) is 0 Å². The fraction of sp³-hybridized carbons (Fsp3) is 0.706. The fourth-order valence-corrected chi connectivity index (χ4v) is 6.27. The Morgan fingerprint density at radius 1 is 1.19 bits per heavy atom. The number of nitrogens with zero attached hydrogens (tertiary/aromatic N) is 1. The predicted molar refractivity (Wildman–Crippen MR) is 87.4 cm³/mol. The van der Waals surface area contributed by atoms with Crippen LogP contribution in [0.3, 0.4) is 0 Å². The van der Waals surface area contributed by atoms with E-state index >= 15 is 0 Å². The summed E-state index contributed by atoms with van der Waals surface area (Å²) in [6.07, 6.45) is 13.4. The molecule has 21 heavy (non-hydrogen) atoms. The second-order valence-electron chi connectivity index (χ2n) is 7.71. The molecule has 5 rings (SSSR count). The normalized spacial score (nSPS) is 38.7. The molecule has 0 aromatic carbocycles. The van der Waals surface area contributed by atoms with Crippen LogP contribution in [0, 0.1) is 23.2 Å². The van der Waals surface area contributed by atoms with Gasteiger partial charge in [0.05, 0.1) is 0 Å². The highest BCUT2D eigenvalue weighted by molar-refractivity contribution is 9.10. The summed E-state index contributed by atoms with van der Waals surface area (Å²) < 4.78 is 1.06. The second kappa shape index (κ2) is 5.32. The molecule has 1 unspecified atom stereocenters. The van der Waals surface area contributed by atoms with Crippen LogP contribution in [0.1, 0.15) is 44.1 Å². The molecule has 1 aromatic rings. The molecule has 4 aliphatic carbocycles. The third-order valence-electron chi connectivity index (χ3n) is 6.23. The van der Waals surface area contributed by atoms with Crippen molar-refractivity contribution in [2.45, 2.75) is 51.0 Å². The standard InChI is InChI=1S/C17H24BrN3/c18-15-4-14(9-20-10-15)5-16(21-19)17-6-11-1-12(7-17)3-13(2-11)8-17/h4,9-13,16,21H,1-3,5-8,19H2. The van der Waals surface area contributed by atoms with Crippen LogP contribution >= 0.6 is 15.9 Å². The van der Waals surface area contributed by atoms with Gasteiger partial charge >= 0.3 is 0 Å². The van der Waals surface area contributed by atoms with Crippen LogP contribution < -0.4 is 11.3 Å². The van der Waals surface area contributed by atoms with E-state index in [0.717, 1.165) is 28.6 Å². The molecule has 0 aliphatic heterocycles. The second-order valence-corrected chi connectivity index (χ2v) is 8.63. The Bertz CT molecular complexity index is 495. The van der Waals surface area contributed by atoms with Gasteiger partial charge in [0.2, 0.25) is 0 Å². The Morgan fingerprint density at radius 2 is 1.81 bits per heavy atom. The number of nitrogens with two attached hydrogens (primary N) is 1. The van der Waals surface area contributed by atoms with Crippen molar-refractivity contribution in [2.75, 3.05) is 0 Å². The van der Waals surface area contributed by atoms with Gasteiger partial charge in [-0.05, 0) is 95.7 Å². The summed E-state index contributed by atoms with van der Waals surface area (Å²) in [6.45, 7) is 0. The van der Waals surface area contributed by atoms with Gasteiger partial charge in [-0.25, -0.2) is 0 Å². The number of halogens is 1. The average molecular weight is 350 g/mol. The minimum atomic E-state index is 0.391. The van der Waals surface area contributed by atoms with Gasteiger partial charge in [-0.1, -0.05) is 0 Å². The topological polar surface area (TPSA) is 50.9 Å². The number of aromatic nitrogens is 1. The number of hydrogen-bond donors (Lipinski definition) is 2. The highest BCUT2D eigenvalue weighted by atomic mass is 79.9. The summed E-state index contributed by atoms with van der Waals surface area (Å²) in [5.41, 5.74) is 4.90. The van der Waals surface area contributed by atoms with E-state index in [9.17, 15) is 0 Å². The van der Waals surface area contributed by atoms with Crippen molar-refractivity contribution >= 4 is 15.9 Å². The van der Waals surface area contributed by atoms with Crippen LogP contribution in [0.4, 0.5) is 0 Å². The zero-order chi connectivity index (χ0) is 14.4. The fourth-order valence-electron chi connectivity index (χ4n) is 5.86. The van der Waals surface area contributed by atoms with Crippen LogP contribution in [0.15, 0.2) is 22.9 Å². The van der Waals surface area contributed by atoms with Crippen LogP contribution in [-0.2, 0) is 6.42 Å². The Hall–Kier alpha value is -0.450. The lowest BCUT2D eigenvalue weighted by Gasteiger charge is -2.59. The van der Waals surface area contributed by atoms with Crippen molar-refractivity contribution < 1.29 is 0 Å². The lowest BCUT2D eigenvalue weighted by atomic mass is 9.47. The van der Waals surface area contributed by atoms with E-state index in [-0.39, 0.29) is 0 Å². The Kier molecular flexibility index (Phi) is 3.59. The number of hydrazine groups is 1. The van der Waals surface area contributed by atoms with Crippen LogP contribution in [-0.4, -0.2) is 11.0 Å². The van der Waals surface area contributed by atoms with Crippen molar-refractivity contribution in [3.05, 3.63) is 28.5 Å². The molecule has 1 heterocycles. The highest BCUT2D eigenvalue weighted by Gasteiger charge is 2.53. The molecule has 4 aliphatic rings. The van der Waals surface area contributed by atoms with E-state index in [1.54, 1.807) is 0 Å². The lowest BCUT2D eigenvalue weighted by molar-refractivity contribution is -0.0737. The average Bonchev–Trinajstić information content (AvgIpc) is 2.43. The van der Waals surface area contributed by atoms with Gasteiger partial charge in [-0.15, -0.1) is 0 Å². The molecule has 114 valence electrons. The van der Waals surface area contributed by atoms with Crippen molar-refractivity contribution in [1.82, 2.24) is 10.4 Å². The molecule has 4 heteroatoms. The molecule has 0 amide bonds. The number of rotatable bonds is 4. The van der Waals surface area contributed by atoms with Crippen molar-refractivity contribution in [1.29, 1.82) is 0 Å². The molecule has 1 atom stereocenters. The Labute approximate surface area is 135 Å². The lowest BCUT2D eigenvalue weighted by Crippen LogP contribution is -2.58. The van der Waals surface area contributed by atoms with Crippen LogP contribution in [0.25, 0.3) is 0 Å². The molecule has 0 spiro atoms. The summed E-state index contributed by atoms with van der Waals surface area (Å²) in [7, 11) is 0. The predicted octanol–water partition coefficient (Wildman–Crippen LogP) is 3.43. The first-order chi connectivity index (χ1) is 10.2. The van der Waals surface area contributed by atoms with Gasteiger partial charge in [0.15, 0.2) is 0 Å². The monoisotopic (exact) mass is 349 g/mol. The van der Waals surface area contributed by atoms with E-state index in [2.05, 4.69) is 32.4 Å². The summed E-state index contributed by atoms with van der Waals surface area (Å²) >= 11 is 3.52. The molecular formula is C17H24BrN3. The van der Waals surface area contributed by atoms with Gasteiger partial charge in [-0.3, -0.25) is 16.3 Å². The molecule has 3 N–H and O–H groups in total. The quantitative estimate of drug-likeness (QED) is 0.646. The number of hydrogen-bond acceptors (Lipinski definition) is 3. The SMILES string of the molecule is NNC(Cc1cncc(Br)c1)C12CC3CC(CC(C3)C1)C2. The zero-order valence-electron chi connectivity index (χ0n) is 12.4. The molecule has 4 saturated carbocycles. The largest absolute Gasteiger partial charge is 0.271 e. The van der Waals surface area contributed by atoms with E-state index in [1.807, 2.05) is 12.4 Å². The van der Waals surface area contributed by atoms with Gasteiger partial charge in [0, 0.05) is 22.9 Å². The first-order valence-electron chi connectivity index (χ1n) is 8.22. The minimum absolute atomic E-state index is 0.391. The van der Waals surface area contributed by atoms with Crippen LogP contribution in [0.2, 0.25) is 0 Å². The molecule has 3 nitrogen and oxygen atoms in total. The van der Waals surface area contributed by atoms with Crippen molar-refractivity contribution in [2.24, 2.45) is 29.0 Å². The zero-order valence-corrected chi connectivity index (χ0v) is 14.0. The Balaban J connectivity index is 1.58. The van der Waals surface area contributed by atoms with Gasteiger partial charge in [0.1, 0.15) is 0 Å². The third-order valence-corrected chi connectivity index (χ3v) is 6.66. The Morgan fingerprint density at radius 3 is 2.33 bits per heavy atom. The minimum Gasteiger partial charge on any atom is -0.271 e. The molecule has 0 radical (unpaired) electrons. The maximum Gasteiger partial charge on any atom is 0.0410 e. The summed E-state index contributed by atoms with van der Waals surface area (Å²) in [4.78, 5) is 4.30. The highest BCUT2D eigenvalue weighted by Crippen LogP contribution is 2.61. The maximum absolute atomic E-state index is 6.00. The maximum atomic E-state index is 6.00. The first-order valence-corrected chi connectivity index (χ1v) is 9.02. The van der Waals surface area contributed by atoms with E-state index in [1.165, 1.54) is 44.1 Å². The van der Waals surface area contributed by atoms with E-state index < -0.39 is 0 Å². The molecular weight excluding hydrogens is 326 g/mol. The van der Waals surface area contributed by atoms with Crippen molar-refractivity contribution in [3.8, 4) is 0 Å². The molecule has 4 bridgehead atoms. The number of pyridine rings is 1. The molecule has 4 fully saturated rings. The van der Waals surface area contributed by atoms with Gasteiger partial charge < -0.3 is 0 Å². The summed E-state index contributed by atoms with van der Waals surface area (Å²) in [6, 6.07) is 2.57. The molecule has 1 aromatic heterocycles. The summed E-state index contributed by atoms with van der Waals surface area (Å²) in [5, 5.41) is 0.